The Hall–Kier alpha value is -2.77. The van der Waals surface area contributed by atoms with Crippen LogP contribution in [0.2, 0.25) is 5.02 Å². The number of ether oxygens (including phenoxy) is 1. The summed E-state index contributed by atoms with van der Waals surface area (Å²) in [5.41, 5.74) is 1.33. The molecule has 3 aromatic rings. The Bertz CT molecular complexity index is 992. The first-order valence-electron chi connectivity index (χ1n) is 7.89. The third-order valence-electron chi connectivity index (χ3n) is 3.54. The van der Waals surface area contributed by atoms with E-state index in [1.807, 2.05) is 30.3 Å². The lowest BCUT2D eigenvalue weighted by Gasteiger charge is -2.07. The van der Waals surface area contributed by atoms with Gasteiger partial charge in [0.25, 0.3) is 5.91 Å². The molecule has 0 aliphatic heterocycles. The molecule has 5 nitrogen and oxygen atoms in total. The van der Waals surface area contributed by atoms with Gasteiger partial charge in [-0.05, 0) is 25.1 Å². The van der Waals surface area contributed by atoms with Crippen LogP contribution in [0.5, 0.6) is 0 Å². The number of hydrogen-bond acceptors (Lipinski definition) is 5. The first kappa shape index (κ1) is 19.0. The van der Waals surface area contributed by atoms with Crippen LogP contribution in [0.15, 0.2) is 48.5 Å². The largest absolute Gasteiger partial charge is 0.451 e. The summed E-state index contributed by atoms with van der Waals surface area (Å²) >= 11 is 6.96. The van der Waals surface area contributed by atoms with Crippen molar-refractivity contribution in [2.45, 2.75) is 6.92 Å². The highest BCUT2D eigenvalue weighted by atomic mass is 35.5. The second-order valence-electron chi connectivity index (χ2n) is 5.55. The molecule has 0 radical (unpaired) electrons. The van der Waals surface area contributed by atoms with E-state index in [4.69, 9.17) is 16.3 Å². The maximum Gasteiger partial charge on any atom is 0.350 e. The molecule has 1 heterocycles. The normalized spacial score (nSPS) is 10.5. The molecule has 0 unspecified atom stereocenters. The lowest BCUT2D eigenvalue weighted by atomic mass is 10.2. The smallest absolute Gasteiger partial charge is 0.350 e. The van der Waals surface area contributed by atoms with Gasteiger partial charge in [0.05, 0.1) is 11.4 Å². The highest BCUT2D eigenvalue weighted by Gasteiger charge is 2.19. The van der Waals surface area contributed by atoms with E-state index in [1.54, 1.807) is 6.92 Å². The number of nitrogens with zero attached hydrogens (tertiary/aromatic N) is 1. The number of rotatable bonds is 5. The fraction of sp³-hybridized carbons (Fsp3) is 0.105. The lowest BCUT2D eigenvalue weighted by molar-refractivity contribution is -0.119. The number of carbonyl (C=O) groups excluding carboxylic acids is 2. The van der Waals surface area contributed by atoms with Gasteiger partial charge in [0.2, 0.25) is 0 Å². The molecule has 1 amide bonds. The highest BCUT2D eigenvalue weighted by Crippen LogP contribution is 2.28. The molecule has 3 rings (SSSR count). The number of anilines is 1. The minimum absolute atomic E-state index is 0.0797. The Labute approximate surface area is 163 Å². The van der Waals surface area contributed by atoms with E-state index < -0.39 is 24.3 Å². The summed E-state index contributed by atoms with van der Waals surface area (Å²) in [7, 11) is 0. The monoisotopic (exact) mass is 404 g/mol. The topological polar surface area (TPSA) is 68.3 Å². The lowest BCUT2D eigenvalue weighted by Crippen LogP contribution is -2.21. The molecule has 0 aliphatic rings. The molecule has 0 saturated heterocycles. The fourth-order valence-electron chi connectivity index (χ4n) is 2.27. The van der Waals surface area contributed by atoms with E-state index in [9.17, 15) is 14.0 Å². The predicted molar refractivity (Wildman–Crippen MR) is 103 cm³/mol. The summed E-state index contributed by atoms with van der Waals surface area (Å²) < 4.78 is 18.6. The number of carbonyl (C=O) groups is 2. The van der Waals surface area contributed by atoms with Crippen molar-refractivity contribution in [3.05, 3.63) is 69.9 Å². The van der Waals surface area contributed by atoms with Crippen LogP contribution in [0, 0.1) is 12.7 Å². The van der Waals surface area contributed by atoms with E-state index in [1.165, 1.54) is 23.5 Å². The van der Waals surface area contributed by atoms with Gasteiger partial charge in [-0.3, -0.25) is 4.79 Å². The summed E-state index contributed by atoms with van der Waals surface area (Å²) in [4.78, 5) is 28.9. The van der Waals surface area contributed by atoms with Crippen molar-refractivity contribution >= 4 is 40.5 Å². The molecule has 0 aliphatic carbocycles. The predicted octanol–water partition coefficient (Wildman–Crippen LogP) is 4.71. The van der Waals surface area contributed by atoms with Gasteiger partial charge in [-0.25, -0.2) is 14.2 Å². The minimum atomic E-state index is -0.671. The van der Waals surface area contributed by atoms with Gasteiger partial charge in [0.15, 0.2) is 6.61 Å². The summed E-state index contributed by atoms with van der Waals surface area (Å²) in [6.45, 7) is 1.14. The van der Waals surface area contributed by atoms with Crippen molar-refractivity contribution in [2.75, 3.05) is 11.9 Å². The summed E-state index contributed by atoms with van der Waals surface area (Å²) in [5, 5.41) is 3.28. The first-order valence-corrected chi connectivity index (χ1v) is 9.08. The summed E-state index contributed by atoms with van der Waals surface area (Å²) in [6.07, 6.45) is 0. The average molecular weight is 405 g/mol. The van der Waals surface area contributed by atoms with Crippen molar-refractivity contribution in [1.29, 1.82) is 0 Å². The molecule has 1 aromatic heterocycles. The number of aromatic nitrogens is 1. The Kier molecular flexibility index (Phi) is 5.83. The van der Waals surface area contributed by atoms with Crippen LogP contribution >= 0.6 is 22.9 Å². The van der Waals surface area contributed by atoms with Crippen molar-refractivity contribution in [1.82, 2.24) is 4.98 Å². The molecule has 0 saturated carbocycles. The Morgan fingerprint density at radius 3 is 2.70 bits per heavy atom. The number of hydrogen-bond donors (Lipinski definition) is 1. The van der Waals surface area contributed by atoms with E-state index >= 15 is 0 Å². The zero-order valence-electron chi connectivity index (χ0n) is 14.2. The quantitative estimate of drug-likeness (QED) is 0.625. The second-order valence-corrected chi connectivity index (χ2v) is 6.98. The maximum atomic E-state index is 13.6. The molecule has 0 bridgehead atoms. The first-order chi connectivity index (χ1) is 12.9. The fourth-order valence-corrected chi connectivity index (χ4v) is 3.40. The molecule has 2 aromatic carbocycles. The van der Waals surface area contributed by atoms with Crippen LogP contribution in [-0.2, 0) is 9.53 Å². The van der Waals surface area contributed by atoms with E-state index in [0.29, 0.717) is 15.6 Å². The Morgan fingerprint density at radius 1 is 1.22 bits per heavy atom. The molecule has 0 atom stereocenters. The maximum absolute atomic E-state index is 13.6. The van der Waals surface area contributed by atoms with Gasteiger partial charge in [-0.15, -0.1) is 11.3 Å². The molecule has 1 N–H and O–H groups in total. The number of nitrogens with one attached hydrogen (secondary N) is 1. The van der Waals surface area contributed by atoms with E-state index in [2.05, 4.69) is 10.3 Å². The number of esters is 1. The molecular formula is C19H14ClFN2O3S. The van der Waals surface area contributed by atoms with Crippen LogP contribution in [-0.4, -0.2) is 23.5 Å². The van der Waals surface area contributed by atoms with Crippen molar-refractivity contribution in [3.8, 4) is 10.6 Å². The number of amides is 1. The third-order valence-corrected chi connectivity index (χ3v) is 4.96. The van der Waals surface area contributed by atoms with Crippen molar-refractivity contribution < 1.29 is 18.7 Å². The Balaban J connectivity index is 1.63. The van der Waals surface area contributed by atoms with Gasteiger partial charge in [-0.1, -0.05) is 41.9 Å². The van der Waals surface area contributed by atoms with Crippen LogP contribution in [0.4, 0.5) is 10.1 Å². The van der Waals surface area contributed by atoms with Gasteiger partial charge in [0, 0.05) is 10.6 Å². The molecule has 138 valence electrons. The molecule has 0 fully saturated rings. The zero-order valence-corrected chi connectivity index (χ0v) is 15.7. The second kappa shape index (κ2) is 8.28. The number of thiazole rings is 1. The summed E-state index contributed by atoms with van der Waals surface area (Å²) in [6, 6.07) is 13.2. The van der Waals surface area contributed by atoms with Crippen LogP contribution in [0.3, 0.4) is 0 Å². The minimum Gasteiger partial charge on any atom is -0.451 e. The Morgan fingerprint density at radius 2 is 1.96 bits per heavy atom. The van der Waals surface area contributed by atoms with Gasteiger partial charge >= 0.3 is 5.97 Å². The summed E-state index contributed by atoms with van der Waals surface area (Å²) in [5.74, 6) is -1.96. The van der Waals surface area contributed by atoms with Crippen LogP contribution < -0.4 is 5.32 Å². The molecule has 0 spiro atoms. The zero-order chi connectivity index (χ0) is 19.4. The standard InChI is InChI=1S/C19H14ClFN2O3S/c1-11-17(27-18(22-11)12-5-3-2-4-6-12)19(25)26-10-16(24)23-15-9-13(20)7-8-14(15)21/h2-9H,10H2,1H3,(H,23,24). The molecular weight excluding hydrogens is 391 g/mol. The highest BCUT2D eigenvalue weighted by molar-refractivity contribution is 7.17. The van der Waals surface area contributed by atoms with Gasteiger partial charge in [-0.2, -0.15) is 0 Å². The van der Waals surface area contributed by atoms with E-state index in [-0.39, 0.29) is 10.7 Å². The number of benzene rings is 2. The molecule has 8 heteroatoms. The SMILES string of the molecule is Cc1nc(-c2ccccc2)sc1C(=O)OCC(=O)Nc1cc(Cl)ccc1F. The van der Waals surface area contributed by atoms with Gasteiger partial charge in [0.1, 0.15) is 15.7 Å². The van der Waals surface area contributed by atoms with Crippen molar-refractivity contribution in [2.24, 2.45) is 0 Å². The molecule has 27 heavy (non-hydrogen) atoms. The van der Waals surface area contributed by atoms with Crippen LogP contribution in [0.1, 0.15) is 15.4 Å². The van der Waals surface area contributed by atoms with Crippen LogP contribution in [0.25, 0.3) is 10.6 Å². The number of aryl methyl sites for hydroxylation is 1. The van der Waals surface area contributed by atoms with Crippen molar-refractivity contribution in [3.63, 3.8) is 0 Å². The van der Waals surface area contributed by atoms with Gasteiger partial charge < -0.3 is 10.1 Å². The number of halogens is 2. The third kappa shape index (κ3) is 4.69. The average Bonchev–Trinajstić information content (AvgIpc) is 3.05. The van der Waals surface area contributed by atoms with E-state index in [0.717, 1.165) is 11.6 Å².